The third-order valence-corrected chi connectivity index (χ3v) is 3.41. The van der Waals surface area contributed by atoms with Gasteiger partial charge < -0.3 is 5.32 Å². The van der Waals surface area contributed by atoms with E-state index in [1.807, 2.05) is 5.51 Å². The van der Waals surface area contributed by atoms with Crippen molar-refractivity contribution in [1.82, 2.24) is 10.3 Å². The van der Waals surface area contributed by atoms with Crippen LogP contribution in [-0.2, 0) is 6.54 Å². The molecule has 2 rings (SSSR count). The molecule has 66 valence electrons. The molecule has 0 saturated heterocycles. The standard InChI is InChI=1S/C9H14N2S/c1-6-3-8(6)10-4-9-7(2)11-5-12-9/h5-6,8,10H,3-4H2,1-2H3/t6-,8-/m1/s1. The minimum Gasteiger partial charge on any atom is -0.309 e. The average Bonchev–Trinajstić information content (AvgIpc) is 2.57. The van der Waals surface area contributed by atoms with E-state index in [1.54, 1.807) is 11.3 Å². The maximum absolute atomic E-state index is 4.21. The second kappa shape index (κ2) is 3.15. The summed E-state index contributed by atoms with van der Waals surface area (Å²) in [6.07, 6.45) is 1.35. The highest BCUT2D eigenvalue weighted by atomic mass is 32.1. The lowest BCUT2D eigenvalue weighted by Crippen LogP contribution is -2.16. The van der Waals surface area contributed by atoms with Gasteiger partial charge in [0.1, 0.15) is 0 Å². The first kappa shape index (κ1) is 8.20. The van der Waals surface area contributed by atoms with E-state index in [0.717, 1.165) is 18.5 Å². The molecule has 1 N–H and O–H groups in total. The zero-order chi connectivity index (χ0) is 8.55. The Bertz CT molecular complexity index is 269. The van der Waals surface area contributed by atoms with Crippen LogP contribution in [0.4, 0.5) is 0 Å². The Morgan fingerprint density at radius 2 is 2.50 bits per heavy atom. The molecule has 1 aliphatic carbocycles. The molecule has 0 aliphatic heterocycles. The van der Waals surface area contributed by atoms with E-state index in [9.17, 15) is 0 Å². The Balaban J connectivity index is 1.84. The lowest BCUT2D eigenvalue weighted by Gasteiger charge is -2.00. The maximum atomic E-state index is 4.21. The second-order valence-electron chi connectivity index (χ2n) is 3.56. The minimum atomic E-state index is 0.770. The molecular formula is C9H14N2S. The van der Waals surface area contributed by atoms with Crippen LogP contribution in [0.15, 0.2) is 5.51 Å². The zero-order valence-electron chi connectivity index (χ0n) is 7.50. The van der Waals surface area contributed by atoms with E-state index in [-0.39, 0.29) is 0 Å². The number of hydrogen-bond acceptors (Lipinski definition) is 3. The molecule has 1 saturated carbocycles. The molecule has 0 amide bonds. The average molecular weight is 182 g/mol. The largest absolute Gasteiger partial charge is 0.309 e. The molecule has 2 nitrogen and oxygen atoms in total. The van der Waals surface area contributed by atoms with Crippen molar-refractivity contribution < 1.29 is 0 Å². The number of rotatable bonds is 3. The summed E-state index contributed by atoms with van der Waals surface area (Å²) >= 11 is 1.75. The first-order valence-electron chi connectivity index (χ1n) is 4.39. The quantitative estimate of drug-likeness (QED) is 0.773. The highest BCUT2D eigenvalue weighted by Gasteiger charge is 2.31. The number of aromatic nitrogens is 1. The van der Waals surface area contributed by atoms with Crippen LogP contribution in [0.2, 0.25) is 0 Å². The van der Waals surface area contributed by atoms with Gasteiger partial charge >= 0.3 is 0 Å². The molecule has 1 aliphatic rings. The van der Waals surface area contributed by atoms with Crippen molar-refractivity contribution in [2.24, 2.45) is 5.92 Å². The Kier molecular flexibility index (Phi) is 2.15. The summed E-state index contributed by atoms with van der Waals surface area (Å²) in [7, 11) is 0. The van der Waals surface area contributed by atoms with E-state index in [2.05, 4.69) is 24.1 Å². The molecule has 1 aromatic heterocycles. The Morgan fingerprint density at radius 1 is 1.75 bits per heavy atom. The fourth-order valence-corrected chi connectivity index (χ4v) is 2.05. The van der Waals surface area contributed by atoms with E-state index in [4.69, 9.17) is 0 Å². The van der Waals surface area contributed by atoms with Gasteiger partial charge in [0.2, 0.25) is 0 Å². The Labute approximate surface area is 77.0 Å². The van der Waals surface area contributed by atoms with Gasteiger partial charge in [0, 0.05) is 17.5 Å². The van der Waals surface area contributed by atoms with Gasteiger partial charge in [-0.2, -0.15) is 0 Å². The van der Waals surface area contributed by atoms with Gasteiger partial charge in [0.05, 0.1) is 11.2 Å². The molecule has 0 unspecified atom stereocenters. The molecule has 3 heteroatoms. The monoisotopic (exact) mass is 182 g/mol. The lowest BCUT2D eigenvalue weighted by molar-refractivity contribution is 0.655. The normalized spacial score (nSPS) is 27.5. The van der Waals surface area contributed by atoms with Crippen LogP contribution in [0.5, 0.6) is 0 Å². The molecule has 12 heavy (non-hydrogen) atoms. The van der Waals surface area contributed by atoms with Crippen molar-refractivity contribution in [3.8, 4) is 0 Å². The number of thiazole rings is 1. The van der Waals surface area contributed by atoms with Crippen molar-refractivity contribution in [1.29, 1.82) is 0 Å². The third kappa shape index (κ3) is 1.67. The van der Waals surface area contributed by atoms with Gasteiger partial charge in [0.25, 0.3) is 0 Å². The van der Waals surface area contributed by atoms with Gasteiger partial charge in [-0.3, -0.25) is 0 Å². The van der Waals surface area contributed by atoms with Gasteiger partial charge in [-0.25, -0.2) is 4.98 Å². The minimum absolute atomic E-state index is 0.770. The van der Waals surface area contributed by atoms with Crippen LogP contribution in [0.1, 0.15) is 23.9 Å². The summed E-state index contributed by atoms with van der Waals surface area (Å²) in [5.41, 5.74) is 3.10. The van der Waals surface area contributed by atoms with Crippen molar-refractivity contribution >= 4 is 11.3 Å². The number of nitrogens with zero attached hydrogens (tertiary/aromatic N) is 1. The summed E-state index contributed by atoms with van der Waals surface area (Å²) in [4.78, 5) is 5.60. The highest BCUT2D eigenvalue weighted by molar-refractivity contribution is 7.09. The summed E-state index contributed by atoms with van der Waals surface area (Å²) in [6.45, 7) is 5.37. The summed E-state index contributed by atoms with van der Waals surface area (Å²) in [5.74, 6) is 0.887. The topological polar surface area (TPSA) is 24.9 Å². The zero-order valence-corrected chi connectivity index (χ0v) is 8.32. The maximum Gasteiger partial charge on any atom is 0.0798 e. The number of aryl methyl sites for hydroxylation is 1. The molecule has 1 heterocycles. The first-order valence-corrected chi connectivity index (χ1v) is 5.27. The van der Waals surface area contributed by atoms with Crippen molar-refractivity contribution in [3.63, 3.8) is 0 Å². The molecular weight excluding hydrogens is 168 g/mol. The predicted molar refractivity (Wildman–Crippen MR) is 51.3 cm³/mol. The second-order valence-corrected chi connectivity index (χ2v) is 4.50. The number of nitrogens with one attached hydrogen (secondary N) is 1. The summed E-state index contributed by atoms with van der Waals surface area (Å²) < 4.78 is 0. The van der Waals surface area contributed by atoms with Crippen molar-refractivity contribution in [2.45, 2.75) is 32.9 Å². The van der Waals surface area contributed by atoms with Crippen molar-refractivity contribution in [3.05, 3.63) is 16.1 Å². The van der Waals surface area contributed by atoms with Gasteiger partial charge in [-0.1, -0.05) is 6.92 Å². The number of hydrogen-bond donors (Lipinski definition) is 1. The van der Waals surface area contributed by atoms with Gasteiger partial charge in [-0.05, 0) is 19.3 Å². The highest BCUT2D eigenvalue weighted by Crippen LogP contribution is 2.29. The smallest absolute Gasteiger partial charge is 0.0798 e. The fraction of sp³-hybridized carbons (Fsp3) is 0.667. The summed E-state index contributed by atoms with van der Waals surface area (Å²) in [5, 5.41) is 3.52. The molecule has 0 spiro atoms. The molecule has 2 atom stereocenters. The van der Waals surface area contributed by atoms with Crippen LogP contribution < -0.4 is 5.32 Å². The van der Waals surface area contributed by atoms with E-state index in [0.29, 0.717) is 0 Å². The van der Waals surface area contributed by atoms with Crippen LogP contribution in [0.25, 0.3) is 0 Å². The van der Waals surface area contributed by atoms with Crippen molar-refractivity contribution in [2.75, 3.05) is 0 Å². The fourth-order valence-electron chi connectivity index (χ4n) is 1.33. The summed E-state index contributed by atoms with van der Waals surface area (Å²) in [6, 6.07) is 0.770. The SMILES string of the molecule is Cc1ncsc1CN[C@@H]1C[C@H]1C. The van der Waals surface area contributed by atoms with Crippen LogP contribution in [-0.4, -0.2) is 11.0 Å². The van der Waals surface area contributed by atoms with Crippen LogP contribution >= 0.6 is 11.3 Å². The molecule has 0 aromatic carbocycles. The Hall–Kier alpha value is -0.410. The van der Waals surface area contributed by atoms with E-state index < -0.39 is 0 Å². The third-order valence-electron chi connectivity index (χ3n) is 2.48. The molecule has 0 bridgehead atoms. The molecule has 0 radical (unpaired) electrons. The van der Waals surface area contributed by atoms with Crippen LogP contribution in [0.3, 0.4) is 0 Å². The Morgan fingerprint density at radius 3 is 3.00 bits per heavy atom. The van der Waals surface area contributed by atoms with Crippen LogP contribution in [0, 0.1) is 12.8 Å². The van der Waals surface area contributed by atoms with Gasteiger partial charge in [-0.15, -0.1) is 11.3 Å². The molecule has 1 fully saturated rings. The van der Waals surface area contributed by atoms with E-state index in [1.165, 1.54) is 17.0 Å². The molecule has 1 aromatic rings. The van der Waals surface area contributed by atoms with Gasteiger partial charge in [0.15, 0.2) is 0 Å². The van der Waals surface area contributed by atoms with E-state index >= 15 is 0 Å². The predicted octanol–water partition coefficient (Wildman–Crippen LogP) is 1.95. The first-order chi connectivity index (χ1) is 5.77. The lowest BCUT2D eigenvalue weighted by atomic mass is 10.4.